The van der Waals surface area contributed by atoms with Crippen LogP contribution in [0.4, 0.5) is 10.1 Å². The lowest BCUT2D eigenvalue weighted by molar-refractivity contribution is 0.624. The van der Waals surface area contributed by atoms with Crippen LogP contribution in [0.1, 0.15) is 23.9 Å². The lowest BCUT2D eigenvalue weighted by Crippen LogP contribution is -2.06. The molecule has 0 spiro atoms. The minimum atomic E-state index is -0.523. The summed E-state index contributed by atoms with van der Waals surface area (Å²) in [6.45, 7) is 2.45. The molecule has 0 aliphatic rings. The van der Waals surface area contributed by atoms with Gasteiger partial charge in [0.2, 0.25) is 0 Å². The van der Waals surface area contributed by atoms with Crippen molar-refractivity contribution in [3.63, 3.8) is 0 Å². The van der Waals surface area contributed by atoms with E-state index < -0.39 is 5.82 Å². The van der Waals surface area contributed by atoms with Gasteiger partial charge in [-0.15, -0.1) is 0 Å². The Bertz CT molecular complexity index is 673. The van der Waals surface area contributed by atoms with Gasteiger partial charge in [-0.3, -0.25) is 4.68 Å². The van der Waals surface area contributed by atoms with E-state index in [1.165, 1.54) is 12.1 Å². The largest absolute Gasteiger partial charge is 0.379 e. The number of hydrogen-bond donors (Lipinski definition) is 1. The standard InChI is InChI=1S/C14H14ClFN4/c1-3-12-14(15)13(20(2)19-12)8-18-10-4-5-11(16)9(6-10)7-17/h4-6,18H,3,8H2,1-2H3. The molecular weight excluding hydrogens is 279 g/mol. The lowest BCUT2D eigenvalue weighted by atomic mass is 10.2. The number of nitrogens with one attached hydrogen (secondary N) is 1. The second kappa shape index (κ2) is 5.93. The third-order valence-electron chi connectivity index (χ3n) is 3.05. The average molecular weight is 293 g/mol. The van der Waals surface area contributed by atoms with Gasteiger partial charge in [0, 0.05) is 12.7 Å². The van der Waals surface area contributed by atoms with Crippen LogP contribution >= 0.6 is 11.6 Å². The number of hydrogen-bond acceptors (Lipinski definition) is 3. The first-order valence-corrected chi connectivity index (χ1v) is 6.58. The first-order valence-electron chi connectivity index (χ1n) is 6.20. The van der Waals surface area contributed by atoms with E-state index in [0.717, 1.165) is 17.8 Å². The topological polar surface area (TPSA) is 53.6 Å². The summed E-state index contributed by atoms with van der Waals surface area (Å²) in [6.07, 6.45) is 0.766. The van der Waals surface area contributed by atoms with Gasteiger partial charge in [0.25, 0.3) is 0 Å². The van der Waals surface area contributed by atoms with Crippen molar-refractivity contribution in [3.05, 3.63) is 46.0 Å². The van der Waals surface area contributed by atoms with E-state index in [-0.39, 0.29) is 5.56 Å². The highest BCUT2D eigenvalue weighted by Gasteiger charge is 2.12. The van der Waals surface area contributed by atoms with Gasteiger partial charge in [0.05, 0.1) is 28.5 Å². The molecule has 0 aliphatic heterocycles. The van der Waals surface area contributed by atoms with Gasteiger partial charge in [0.15, 0.2) is 0 Å². The van der Waals surface area contributed by atoms with Gasteiger partial charge in [-0.1, -0.05) is 18.5 Å². The summed E-state index contributed by atoms with van der Waals surface area (Å²) in [7, 11) is 1.83. The molecule has 0 fully saturated rings. The predicted molar refractivity (Wildman–Crippen MR) is 76.0 cm³/mol. The Labute approximate surface area is 121 Å². The van der Waals surface area contributed by atoms with E-state index >= 15 is 0 Å². The highest BCUT2D eigenvalue weighted by atomic mass is 35.5. The maximum Gasteiger partial charge on any atom is 0.141 e. The van der Waals surface area contributed by atoms with Crippen molar-refractivity contribution in [3.8, 4) is 6.07 Å². The number of rotatable bonds is 4. The molecule has 0 saturated heterocycles. The summed E-state index contributed by atoms with van der Waals surface area (Å²) in [6, 6.07) is 6.14. The van der Waals surface area contributed by atoms with Crippen molar-refractivity contribution < 1.29 is 4.39 Å². The summed E-state index contributed by atoms with van der Waals surface area (Å²) < 4.78 is 15.0. The van der Waals surface area contributed by atoms with Gasteiger partial charge in [-0.25, -0.2) is 4.39 Å². The molecule has 0 saturated carbocycles. The zero-order valence-corrected chi connectivity index (χ0v) is 12.0. The van der Waals surface area contributed by atoms with Crippen LogP contribution in [-0.4, -0.2) is 9.78 Å². The summed E-state index contributed by atoms with van der Waals surface area (Å²) in [5.74, 6) is -0.523. The fraction of sp³-hybridized carbons (Fsp3) is 0.286. The van der Waals surface area contributed by atoms with Gasteiger partial charge >= 0.3 is 0 Å². The molecule has 4 nitrogen and oxygen atoms in total. The van der Waals surface area contributed by atoms with Gasteiger partial charge in [0.1, 0.15) is 11.9 Å². The Morgan fingerprint density at radius 2 is 2.25 bits per heavy atom. The highest BCUT2D eigenvalue weighted by molar-refractivity contribution is 6.31. The minimum absolute atomic E-state index is 0.0142. The molecule has 0 radical (unpaired) electrons. The van der Waals surface area contributed by atoms with Crippen LogP contribution in [0, 0.1) is 17.1 Å². The number of anilines is 1. The van der Waals surface area contributed by atoms with Crippen LogP contribution < -0.4 is 5.32 Å². The maximum atomic E-state index is 13.2. The molecule has 6 heteroatoms. The second-order valence-electron chi connectivity index (χ2n) is 4.34. The molecular formula is C14H14ClFN4. The SMILES string of the molecule is CCc1nn(C)c(CNc2ccc(F)c(C#N)c2)c1Cl. The Kier molecular flexibility index (Phi) is 4.26. The average Bonchev–Trinajstić information content (AvgIpc) is 2.72. The minimum Gasteiger partial charge on any atom is -0.379 e. The predicted octanol–water partition coefficient (Wildman–Crippen LogP) is 3.26. The van der Waals surface area contributed by atoms with E-state index in [1.54, 1.807) is 10.7 Å². The number of halogens is 2. The van der Waals surface area contributed by atoms with Crippen molar-refractivity contribution in [2.45, 2.75) is 19.9 Å². The molecule has 2 rings (SSSR count). The smallest absolute Gasteiger partial charge is 0.141 e. The van der Waals surface area contributed by atoms with Crippen LogP contribution in [0.3, 0.4) is 0 Å². The zero-order valence-electron chi connectivity index (χ0n) is 11.2. The zero-order chi connectivity index (χ0) is 14.7. The number of nitrogens with zero attached hydrogens (tertiary/aromatic N) is 3. The molecule has 0 aliphatic carbocycles. The van der Waals surface area contributed by atoms with E-state index in [4.69, 9.17) is 16.9 Å². The molecule has 1 heterocycles. The van der Waals surface area contributed by atoms with Crippen molar-refractivity contribution in [1.82, 2.24) is 9.78 Å². The van der Waals surface area contributed by atoms with Crippen molar-refractivity contribution in [2.75, 3.05) is 5.32 Å². The Hall–Kier alpha value is -2.06. The van der Waals surface area contributed by atoms with E-state index in [9.17, 15) is 4.39 Å². The summed E-state index contributed by atoms with van der Waals surface area (Å²) in [5.41, 5.74) is 2.38. The normalized spacial score (nSPS) is 10.3. The van der Waals surface area contributed by atoms with Gasteiger partial charge in [-0.05, 0) is 24.6 Å². The molecule has 1 aromatic heterocycles. The molecule has 0 bridgehead atoms. The summed E-state index contributed by atoms with van der Waals surface area (Å²) >= 11 is 6.24. The Morgan fingerprint density at radius 1 is 1.50 bits per heavy atom. The first-order chi connectivity index (χ1) is 9.56. The van der Waals surface area contributed by atoms with E-state index in [0.29, 0.717) is 17.3 Å². The molecule has 20 heavy (non-hydrogen) atoms. The third-order valence-corrected chi connectivity index (χ3v) is 3.49. The van der Waals surface area contributed by atoms with Crippen molar-refractivity contribution in [2.24, 2.45) is 7.05 Å². The van der Waals surface area contributed by atoms with Crippen LogP contribution in [0.15, 0.2) is 18.2 Å². The Morgan fingerprint density at radius 3 is 2.85 bits per heavy atom. The quantitative estimate of drug-likeness (QED) is 0.941. The third kappa shape index (κ3) is 2.75. The molecule has 0 atom stereocenters. The molecule has 1 N–H and O–H groups in total. The molecule has 0 unspecified atom stereocenters. The van der Waals surface area contributed by atoms with E-state index in [1.807, 2.05) is 20.0 Å². The number of benzene rings is 1. The van der Waals surface area contributed by atoms with Crippen molar-refractivity contribution >= 4 is 17.3 Å². The molecule has 1 aromatic carbocycles. The lowest BCUT2D eigenvalue weighted by Gasteiger charge is -2.08. The van der Waals surface area contributed by atoms with Crippen LogP contribution in [-0.2, 0) is 20.0 Å². The summed E-state index contributed by atoms with van der Waals surface area (Å²) in [4.78, 5) is 0. The molecule has 0 amide bonds. The number of aromatic nitrogens is 2. The van der Waals surface area contributed by atoms with Crippen LogP contribution in [0.5, 0.6) is 0 Å². The Balaban J connectivity index is 2.17. The maximum absolute atomic E-state index is 13.2. The van der Waals surface area contributed by atoms with Crippen LogP contribution in [0.25, 0.3) is 0 Å². The molecule has 2 aromatic rings. The van der Waals surface area contributed by atoms with Crippen molar-refractivity contribution in [1.29, 1.82) is 5.26 Å². The first kappa shape index (κ1) is 14.4. The second-order valence-corrected chi connectivity index (χ2v) is 4.72. The van der Waals surface area contributed by atoms with Gasteiger partial charge in [-0.2, -0.15) is 10.4 Å². The number of nitriles is 1. The summed E-state index contributed by atoms with van der Waals surface area (Å²) in [5, 5.41) is 16.9. The fourth-order valence-corrected chi connectivity index (χ4v) is 2.28. The molecule has 104 valence electrons. The van der Waals surface area contributed by atoms with Gasteiger partial charge < -0.3 is 5.32 Å². The highest BCUT2D eigenvalue weighted by Crippen LogP contribution is 2.22. The monoisotopic (exact) mass is 292 g/mol. The number of aryl methyl sites for hydroxylation is 2. The fourth-order valence-electron chi connectivity index (χ4n) is 1.92. The van der Waals surface area contributed by atoms with Crippen LogP contribution in [0.2, 0.25) is 5.02 Å². The van der Waals surface area contributed by atoms with E-state index in [2.05, 4.69) is 10.4 Å².